The number of carbonyl (C=O) groups excluding carboxylic acids is 1. The molecular weight excluding hydrogens is 292 g/mol. The standard InChI is InChI=1S/C14H26N2O4S/c1-10(2)15(3)21(18,19)16-12-8-6-5-7-11(12)9-13(16)14(17)20-4/h10-13H,5-9H2,1-4H3. The first-order valence-electron chi connectivity index (χ1n) is 7.65. The fourth-order valence-electron chi connectivity index (χ4n) is 3.50. The van der Waals surface area contributed by atoms with Gasteiger partial charge >= 0.3 is 5.97 Å². The molecule has 1 aliphatic carbocycles. The Labute approximate surface area is 127 Å². The molecule has 1 aliphatic heterocycles. The van der Waals surface area contributed by atoms with Crippen LogP contribution in [0.4, 0.5) is 0 Å². The molecule has 3 atom stereocenters. The molecule has 2 fully saturated rings. The number of esters is 1. The Hall–Kier alpha value is -0.660. The van der Waals surface area contributed by atoms with E-state index in [0.717, 1.165) is 25.7 Å². The molecule has 0 radical (unpaired) electrons. The molecule has 0 aromatic heterocycles. The number of hydrogen-bond donors (Lipinski definition) is 0. The molecule has 21 heavy (non-hydrogen) atoms. The highest BCUT2D eigenvalue weighted by atomic mass is 32.2. The summed E-state index contributed by atoms with van der Waals surface area (Å²) in [5.74, 6) is -0.164. The van der Waals surface area contributed by atoms with Crippen LogP contribution in [0.2, 0.25) is 0 Å². The molecule has 1 saturated heterocycles. The van der Waals surface area contributed by atoms with Crippen LogP contribution >= 0.6 is 0 Å². The summed E-state index contributed by atoms with van der Waals surface area (Å²) in [6, 6.07) is -0.876. The number of fused-ring (bicyclic) bond motifs is 1. The molecule has 0 aromatic carbocycles. The van der Waals surface area contributed by atoms with Gasteiger partial charge in [0, 0.05) is 19.1 Å². The molecule has 6 nitrogen and oxygen atoms in total. The van der Waals surface area contributed by atoms with Crippen molar-refractivity contribution in [3.8, 4) is 0 Å². The van der Waals surface area contributed by atoms with Crippen LogP contribution in [0.15, 0.2) is 0 Å². The van der Waals surface area contributed by atoms with Crippen LogP contribution in [0.3, 0.4) is 0 Å². The third-order valence-electron chi connectivity index (χ3n) is 4.86. The van der Waals surface area contributed by atoms with Crippen molar-refractivity contribution in [3.05, 3.63) is 0 Å². The summed E-state index contributed by atoms with van der Waals surface area (Å²) in [5.41, 5.74) is 0. The van der Waals surface area contributed by atoms with E-state index in [1.807, 2.05) is 13.8 Å². The quantitative estimate of drug-likeness (QED) is 0.735. The SMILES string of the molecule is COC(=O)C1CC2CCCCC2N1S(=O)(=O)N(C)C(C)C. The molecule has 3 unspecified atom stereocenters. The Balaban J connectivity index is 2.37. The average molecular weight is 318 g/mol. The molecule has 2 aliphatic rings. The molecule has 0 spiro atoms. The van der Waals surface area contributed by atoms with Crippen molar-refractivity contribution in [1.82, 2.24) is 8.61 Å². The molecular formula is C14H26N2O4S. The van der Waals surface area contributed by atoms with Crippen molar-refractivity contribution in [2.45, 2.75) is 64.1 Å². The Bertz CT molecular complexity index is 491. The van der Waals surface area contributed by atoms with E-state index >= 15 is 0 Å². The van der Waals surface area contributed by atoms with E-state index in [1.54, 1.807) is 7.05 Å². The lowest BCUT2D eigenvalue weighted by Crippen LogP contribution is -2.53. The van der Waals surface area contributed by atoms with Gasteiger partial charge in [-0.3, -0.25) is 4.79 Å². The van der Waals surface area contributed by atoms with E-state index < -0.39 is 22.2 Å². The van der Waals surface area contributed by atoms with Gasteiger partial charge in [-0.25, -0.2) is 0 Å². The highest BCUT2D eigenvalue weighted by Crippen LogP contribution is 2.42. The number of carbonyl (C=O) groups is 1. The van der Waals surface area contributed by atoms with Gasteiger partial charge in [-0.2, -0.15) is 17.0 Å². The zero-order valence-corrected chi connectivity index (χ0v) is 14.1. The molecule has 0 N–H and O–H groups in total. The summed E-state index contributed by atoms with van der Waals surface area (Å²) in [5, 5.41) is 0. The van der Waals surface area contributed by atoms with Gasteiger partial charge in [-0.05, 0) is 39.0 Å². The fraction of sp³-hybridized carbons (Fsp3) is 0.929. The fourth-order valence-corrected chi connectivity index (χ4v) is 5.45. The monoisotopic (exact) mass is 318 g/mol. The lowest BCUT2D eigenvalue weighted by Gasteiger charge is -2.35. The van der Waals surface area contributed by atoms with Crippen molar-refractivity contribution in [2.24, 2.45) is 5.92 Å². The van der Waals surface area contributed by atoms with Gasteiger partial charge in [-0.1, -0.05) is 12.8 Å². The van der Waals surface area contributed by atoms with E-state index in [4.69, 9.17) is 4.74 Å². The predicted molar refractivity (Wildman–Crippen MR) is 79.8 cm³/mol. The van der Waals surface area contributed by atoms with E-state index in [1.165, 1.54) is 15.7 Å². The lowest BCUT2D eigenvalue weighted by atomic mass is 9.85. The summed E-state index contributed by atoms with van der Waals surface area (Å²) in [4.78, 5) is 12.1. The second-order valence-electron chi connectivity index (χ2n) is 6.33. The smallest absolute Gasteiger partial charge is 0.324 e. The van der Waals surface area contributed by atoms with Gasteiger partial charge in [-0.15, -0.1) is 0 Å². The summed E-state index contributed by atoms with van der Waals surface area (Å²) < 4.78 is 33.4. The minimum Gasteiger partial charge on any atom is -0.468 e. The number of nitrogens with zero attached hydrogens (tertiary/aromatic N) is 2. The van der Waals surface area contributed by atoms with Crippen LogP contribution in [0.25, 0.3) is 0 Å². The van der Waals surface area contributed by atoms with Gasteiger partial charge in [0.2, 0.25) is 0 Å². The molecule has 0 amide bonds. The maximum atomic E-state index is 12.9. The largest absolute Gasteiger partial charge is 0.468 e. The molecule has 7 heteroatoms. The van der Waals surface area contributed by atoms with Crippen molar-refractivity contribution < 1.29 is 17.9 Å². The lowest BCUT2D eigenvalue weighted by molar-refractivity contribution is -0.144. The van der Waals surface area contributed by atoms with Crippen molar-refractivity contribution in [2.75, 3.05) is 14.2 Å². The first-order valence-corrected chi connectivity index (χ1v) is 9.04. The zero-order valence-electron chi connectivity index (χ0n) is 13.3. The zero-order chi connectivity index (χ0) is 15.8. The molecule has 1 saturated carbocycles. The van der Waals surface area contributed by atoms with Gasteiger partial charge in [0.25, 0.3) is 10.2 Å². The van der Waals surface area contributed by atoms with E-state index in [9.17, 15) is 13.2 Å². The van der Waals surface area contributed by atoms with Crippen LogP contribution in [0.5, 0.6) is 0 Å². The second kappa shape index (κ2) is 6.22. The normalized spacial score (nSPS) is 30.7. The van der Waals surface area contributed by atoms with Gasteiger partial charge in [0.05, 0.1) is 7.11 Å². The minimum absolute atomic E-state index is 0.0611. The topological polar surface area (TPSA) is 66.9 Å². The Morgan fingerprint density at radius 1 is 1.29 bits per heavy atom. The number of methoxy groups -OCH3 is 1. The van der Waals surface area contributed by atoms with Crippen molar-refractivity contribution in [1.29, 1.82) is 0 Å². The van der Waals surface area contributed by atoms with Gasteiger partial charge < -0.3 is 4.74 Å². The second-order valence-corrected chi connectivity index (χ2v) is 8.23. The molecule has 1 heterocycles. The van der Waals surface area contributed by atoms with Crippen LogP contribution in [-0.2, 0) is 19.7 Å². The highest BCUT2D eigenvalue weighted by Gasteiger charge is 2.52. The molecule has 122 valence electrons. The summed E-state index contributed by atoms with van der Waals surface area (Å²) >= 11 is 0. The summed E-state index contributed by atoms with van der Waals surface area (Å²) in [6.07, 6.45) is 4.55. The van der Waals surface area contributed by atoms with Crippen molar-refractivity contribution >= 4 is 16.2 Å². The predicted octanol–water partition coefficient (Wildman–Crippen LogP) is 1.38. The Morgan fingerprint density at radius 2 is 1.90 bits per heavy atom. The third kappa shape index (κ3) is 2.96. The first-order chi connectivity index (χ1) is 9.80. The maximum Gasteiger partial charge on any atom is 0.324 e. The molecule has 2 rings (SSSR count). The van der Waals surface area contributed by atoms with Crippen LogP contribution in [0.1, 0.15) is 46.0 Å². The van der Waals surface area contributed by atoms with Crippen LogP contribution in [-0.4, -0.2) is 55.3 Å². The molecule has 0 bridgehead atoms. The van der Waals surface area contributed by atoms with Crippen molar-refractivity contribution in [3.63, 3.8) is 0 Å². The van der Waals surface area contributed by atoms with Crippen LogP contribution < -0.4 is 0 Å². The maximum absolute atomic E-state index is 12.9. The summed E-state index contributed by atoms with van der Waals surface area (Å²) in [6.45, 7) is 3.66. The number of hydrogen-bond acceptors (Lipinski definition) is 4. The molecule has 0 aromatic rings. The minimum atomic E-state index is -3.65. The van der Waals surface area contributed by atoms with E-state index in [-0.39, 0.29) is 18.0 Å². The van der Waals surface area contributed by atoms with Gasteiger partial charge in [0.15, 0.2) is 0 Å². The first kappa shape index (κ1) is 16.7. The van der Waals surface area contributed by atoms with E-state index in [0.29, 0.717) is 6.42 Å². The average Bonchev–Trinajstić information content (AvgIpc) is 2.85. The number of ether oxygens (including phenoxy) is 1. The van der Waals surface area contributed by atoms with Crippen LogP contribution in [0, 0.1) is 5.92 Å². The van der Waals surface area contributed by atoms with Gasteiger partial charge in [0.1, 0.15) is 6.04 Å². The number of rotatable bonds is 4. The third-order valence-corrected chi connectivity index (χ3v) is 7.07. The highest BCUT2D eigenvalue weighted by molar-refractivity contribution is 7.86. The Kier molecular flexibility index (Phi) is 4.95. The van der Waals surface area contributed by atoms with E-state index in [2.05, 4.69) is 0 Å². The Morgan fingerprint density at radius 3 is 2.48 bits per heavy atom. The summed E-state index contributed by atoms with van der Waals surface area (Å²) in [7, 11) is -0.752.